The van der Waals surface area contributed by atoms with Crippen LogP contribution in [0.4, 0.5) is 0 Å². The Kier molecular flexibility index (Phi) is 3.78. The quantitative estimate of drug-likeness (QED) is 0.868. The zero-order valence-corrected chi connectivity index (χ0v) is 12.5. The van der Waals surface area contributed by atoms with Crippen molar-refractivity contribution in [2.24, 2.45) is 0 Å². The van der Waals surface area contributed by atoms with Crippen LogP contribution in [-0.2, 0) is 0 Å². The van der Waals surface area contributed by atoms with Gasteiger partial charge in [0.2, 0.25) is 0 Å². The molecule has 1 aliphatic carbocycles. The van der Waals surface area contributed by atoms with Crippen molar-refractivity contribution in [3.05, 3.63) is 72.1 Å². The Labute approximate surface area is 125 Å². The van der Waals surface area contributed by atoms with E-state index in [9.17, 15) is 0 Å². The topological polar surface area (TPSA) is 17.0 Å². The number of fused-ring (bicyclic) bond motifs is 1. The maximum atomic E-state index is 3.06. The summed E-state index contributed by atoms with van der Waals surface area (Å²) < 4.78 is 2.27. The lowest BCUT2D eigenvalue weighted by atomic mass is 10.2. The lowest BCUT2D eigenvalue weighted by Crippen LogP contribution is -1.92. The molecule has 2 aromatic rings. The number of para-hydroxylation sites is 1. The van der Waals surface area contributed by atoms with Crippen LogP contribution < -0.4 is 5.32 Å². The van der Waals surface area contributed by atoms with Crippen LogP contribution in [0.2, 0.25) is 0 Å². The highest BCUT2D eigenvalue weighted by molar-refractivity contribution is 5.92. The molecule has 0 atom stereocenters. The Morgan fingerprint density at radius 1 is 1.14 bits per heavy atom. The van der Waals surface area contributed by atoms with E-state index in [1.807, 2.05) is 13.2 Å². The summed E-state index contributed by atoms with van der Waals surface area (Å²) in [6.45, 7) is 2.14. The van der Waals surface area contributed by atoms with Crippen molar-refractivity contribution >= 4 is 22.7 Å². The number of aromatic nitrogens is 1. The van der Waals surface area contributed by atoms with Crippen LogP contribution in [0.3, 0.4) is 0 Å². The first-order valence-electron chi connectivity index (χ1n) is 7.29. The predicted octanol–water partition coefficient (Wildman–Crippen LogP) is 4.58. The number of allylic oxidation sites excluding steroid dienone is 6. The van der Waals surface area contributed by atoms with Gasteiger partial charge in [0.25, 0.3) is 0 Å². The summed E-state index contributed by atoms with van der Waals surface area (Å²) in [5.74, 6) is 0. The first kappa shape index (κ1) is 13.5. The summed E-state index contributed by atoms with van der Waals surface area (Å²) in [7, 11) is 1.92. The highest BCUT2D eigenvalue weighted by atomic mass is 15.0. The number of hydrogen-bond acceptors (Lipinski definition) is 1. The molecule has 2 heteroatoms. The average Bonchev–Trinajstić information content (AvgIpc) is 2.73. The van der Waals surface area contributed by atoms with Gasteiger partial charge in [-0.3, -0.25) is 0 Å². The number of nitrogens with zero attached hydrogens (tertiary/aromatic N) is 1. The fraction of sp³-hybridized carbons (Fsp3) is 0.158. The summed E-state index contributed by atoms with van der Waals surface area (Å²) in [5, 5.41) is 4.33. The van der Waals surface area contributed by atoms with E-state index in [1.54, 1.807) is 0 Å². The highest BCUT2D eigenvalue weighted by Crippen LogP contribution is 2.27. The molecule has 1 heterocycles. The van der Waals surface area contributed by atoms with Crippen LogP contribution in [0, 0.1) is 0 Å². The first-order valence-corrected chi connectivity index (χ1v) is 7.29. The van der Waals surface area contributed by atoms with Crippen molar-refractivity contribution in [1.82, 2.24) is 9.88 Å². The Balaban J connectivity index is 2.13. The normalized spacial score (nSPS) is 15.1. The summed E-state index contributed by atoms with van der Waals surface area (Å²) >= 11 is 0. The molecule has 1 aromatic heterocycles. The molecular formula is C19H20N2. The fourth-order valence-corrected chi connectivity index (χ4v) is 2.62. The summed E-state index contributed by atoms with van der Waals surface area (Å²) in [4.78, 5) is 0. The van der Waals surface area contributed by atoms with Gasteiger partial charge in [-0.1, -0.05) is 42.0 Å². The minimum absolute atomic E-state index is 0.975. The molecule has 106 valence electrons. The van der Waals surface area contributed by atoms with Crippen molar-refractivity contribution < 1.29 is 0 Å². The van der Waals surface area contributed by atoms with Crippen LogP contribution >= 0.6 is 0 Å². The maximum absolute atomic E-state index is 3.06. The van der Waals surface area contributed by atoms with E-state index < -0.39 is 0 Å². The van der Waals surface area contributed by atoms with Crippen molar-refractivity contribution in [2.45, 2.75) is 13.3 Å². The van der Waals surface area contributed by atoms with Gasteiger partial charge < -0.3 is 9.88 Å². The van der Waals surface area contributed by atoms with Crippen molar-refractivity contribution in [3.63, 3.8) is 0 Å². The molecule has 0 fully saturated rings. The van der Waals surface area contributed by atoms with Crippen molar-refractivity contribution in [3.8, 4) is 0 Å². The van der Waals surface area contributed by atoms with Gasteiger partial charge in [0.05, 0.1) is 5.52 Å². The molecule has 0 bridgehead atoms. The number of hydrogen-bond donors (Lipinski definition) is 1. The Hall–Kier alpha value is -2.48. The monoisotopic (exact) mass is 276 g/mol. The van der Waals surface area contributed by atoms with Crippen LogP contribution in [0.25, 0.3) is 22.7 Å². The van der Waals surface area contributed by atoms with Gasteiger partial charge in [-0.25, -0.2) is 0 Å². The van der Waals surface area contributed by atoms with Crippen LogP contribution in [-0.4, -0.2) is 11.6 Å². The molecule has 1 N–H and O–H groups in total. The van der Waals surface area contributed by atoms with Crippen LogP contribution in [0.5, 0.6) is 0 Å². The van der Waals surface area contributed by atoms with Crippen molar-refractivity contribution in [2.75, 3.05) is 7.05 Å². The summed E-state index contributed by atoms with van der Waals surface area (Å²) in [6, 6.07) is 8.53. The molecule has 3 rings (SSSR count). The van der Waals surface area contributed by atoms with E-state index in [4.69, 9.17) is 0 Å². The molecule has 0 amide bonds. The van der Waals surface area contributed by atoms with Gasteiger partial charge >= 0.3 is 0 Å². The molecule has 0 unspecified atom stereocenters. The van der Waals surface area contributed by atoms with E-state index in [2.05, 4.69) is 77.7 Å². The van der Waals surface area contributed by atoms with Gasteiger partial charge in [0.1, 0.15) is 0 Å². The summed E-state index contributed by atoms with van der Waals surface area (Å²) in [6.07, 6.45) is 16.1. The molecule has 0 saturated carbocycles. The van der Waals surface area contributed by atoms with Crippen LogP contribution in [0.15, 0.2) is 66.5 Å². The third-order valence-electron chi connectivity index (χ3n) is 3.73. The van der Waals surface area contributed by atoms with E-state index in [0.29, 0.717) is 0 Å². The molecule has 0 aliphatic heterocycles. The van der Waals surface area contributed by atoms with Gasteiger partial charge in [-0.05, 0) is 37.8 Å². The molecular weight excluding hydrogens is 256 g/mol. The number of nitrogens with one attached hydrogen (secondary N) is 1. The highest BCUT2D eigenvalue weighted by Gasteiger charge is 2.08. The SMILES string of the molecule is CN/C=C\c1cn(C2=CCC=C(C)C=C2)c2ccccc12. The van der Waals surface area contributed by atoms with Crippen LogP contribution in [0.1, 0.15) is 18.9 Å². The smallest absolute Gasteiger partial charge is 0.0534 e. The molecule has 0 spiro atoms. The number of rotatable bonds is 3. The van der Waals surface area contributed by atoms with Gasteiger partial charge in [0.15, 0.2) is 0 Å². The third kappa shape index (κ3) is 2.70. The van der Waals surface area contributed by atoms with E-state index in [-0.39, 0.29) is 0 Å². The molecule has 0 radical (unpaired) electrons. The maximum Gasteiger partial charge on any atom is 0.0534 e. The Morgan fingerprint density at radius 3 is 2.86 bits per heavy atom. The predicted molar refractivity (Wildman–Crippen MR) is 91.8 cm³/mol. The minimum Gasteiger partial charge on any atom is -0.394 e. The number of benzene rings is 1. The zero-order chi connectivity index (χ0) is 14.7. The molecule has 0 saturated heterocycles. The molecule has 1 aromatic carbocycles. The average molecular weight is 276 g/mol. The lowest BCUT2D eigenvalue weighted by molar-refractivity contribution is 1.11. The van der Waals surface area contributed by atoms with E-state index >= 15 is 0 Å². The second-order valence-corrected chi connectivity index (χ2v) is 5.24. The first-order chi connectivity index (χ1) is 10.3. The van der Waals surface area contributed by atoms with Crippen molar-refractivity contribution in [1.29, 1.82) is 0 Å². The van der Waals surface area contributed by atoms with E-state index in [0.717, 1.165) is 6.42 Å². The molecule has 21 heavy (non-hydrogen) atoms. The Morgan fingerprint density at radius 2 is 2.00 bits per heavy atom. The van der Waals surface area contributed by atoms with E-state index in [1.165, 1.54) is 27.7 Å². The third-order valence-corrected chi connectivity index (χ3v) is 3.73. The minimum atomic E-state index is 0.975. The molecule has 1 aliphatic rings. The summed E-state index contributed by atoms with van der Waals surface area (Å²) in [5.41, 5.74) is 5.00. The Bertz CT molecular complexity index is 770. The molecule has 2 nitrogen and oxygen atoms in total. The lowest BCUT2D eigenvalue weighted by Gasteiger charge is -2.05. The largest absolute Gasteiger partial charge is 0.394 e. The second-order valence-electron chi connectivity index (χ2n) is 5.24. The van der Waals surface area contributed by atoms with Gasteiger partial charge in [0, 0.05) is 29.9 Å². The fourth-order valence-electron chi connectivity index (χ4n) is 2.62. The second kappa shape index (κ2) is 5.88. The standard InChI is InChI=1S/C19H20N2/c1-15-6-5-7-17(11-10-15)21-14-16(12-13-20-2)18-8-3-4-9-19(18)21/h3-4,6-14,20H,5H2,1-2H3/b13-12-. The van der Waals surface area contributed by atoms with Gasteiger partial charge in [-0.15, -0.1) is 0 Å². The zero-order valence-electron chi connectivity index (χ0n) is 12.5. The van der Waals surface area contributed by atoms with Gasteiger partial charge in [-0.2, -0.15) is 0 Å².